The van der Waals surface area contributed by atoms with Gasteiger partial charge in [-0.25, -0.2) is 18.4 Å². The number of nitrogens with zero attached hydrogens (tertiary/aromatic N) is 2. The van der Waals surface area contributed by atoms with Crippen molar-refractivity contribution >= 4 is 19.7 Å². The van der Waals surface area contributed by atoms with Crippen LogP contribution >= 0.6 is 10.7 Å². The summed E-state index contributed by atoms with van der Waals surface area (Å²) >= 11 is 0. The number of fused-ring (bicyclic) bond motifs is 1. The summed E-state index contributed by atoms with van der Waals surface area (Å²) in [5, 5.41) is -0.464. The molecular weight excluding hydrogens is 232 g/mol. The number of hydrogen-bond acceptors (Lipinski definition) is 6. The third-order valence-corrected chi connectivity index (χ3v) is 2.79. The molecule has 0 saturated carbocycles. The normalized spacial score (nSPS) is 12.4. The fourth-order valence-corrected chi connectivity index (χ4v) is 1.71. The van der Waals surface area contributed by atoms with E-state index in [0.29, 0.717) is 0 Å². The highest BCUT2D eigenvalue weighted by Crippen LogP contribution is 2.21. The standard InChI is InChI=1S/C6HClN2O4S/c7-14(12,13)3-1-2-4(9-3)5(10)6(11)8-2/h1H. The van der Waals surface area contributed by atoms with E-state index >= 15 is 0 Å². The van der Waals surface area contributed by atoms with Crippen LogP contribution in [0.5, 0.6) is 0 Å². The van der Waals surface area contributed by atoms with Gasteiger partial charge < -0.3 is 0 Å². The maximum Gasteiger partial charge on any atom is 0.320 e. The van der Waals surface area contributed by atoms with Crippen molar-refractivity contribution in [3.05, 3.63) is 26.6 Å². The number of aromatic nitrogens is 2. The molecule has 8 heteroatoms. The molecule has 0 unspecified atom stereocenters. The van der Waals surface area contributed by atoms with Gasteiger partial charge in [-0.1, -0.05) is 0 Å². The van der Waals surface area contributed by atoms with Crippen LogP contribution in [0.25, 0.3) is 11.4 Å². The highest BCUT2D eigenvalue weighted by molar-refractivity contribution is 8.13. The minimum absolute atomic E-state index is 0.0424. The van der Waals surface area contributed by atoms with Crippen molar-refractivity contribution in [3.63, 3.8) is 0 Å². The van der Waals surface area contributed by atoms with Crippen molar-refractivity contribution in [1.29, 1.82) is 0 Å². The first-order valence-electron chi connectivity index (χ1n) is 3.32. The van der Waals surface area contributed by atoms with Gasteiger partial charge in [0.1, 0.15) is 11.4 Å². The molecule has 0 saturated heterocycles. The molecule has 0 aliphatic carbocycles. The molecule has 0 fully saturated rings. The monoisotopic (exact) mass is 232 g/mol. The van der Waals surface area contributed by atoms with Crippen LogP contribution < -0.4 is 11.0 Å². The summed E-state index contributed by atoms with van der Waals surface area (Å²) in [6.45, 7) is 0. The van der Waals surface area contributed by atoms with Crippen LogP contribution in [0.1, 0.15) is 0 Å². The molecule has 0 aromatic heterocycles. The fraction of sp³-hybridized carbons (Fsp3) is 0. The van der Waals surface area contributed by atoms with Crippen LogP contribution in [0, 0.1) is 0 Å². The van der Waals surface area contributed by atoms with Gasteiger partial charge in [0, 0.05) is 16.7 Å². The lowest BCUT2D eigenvalue weighted by molar-refractivity contribution is 0.607. The smallest absolute Gasteiger partial charge is 0.281 e. The van der Waals surface area contributed by atoms with Gasteiger partial charge in [0.2, 0.25) is 0 Å². The third kappa shape index (κ3) is 1.21. The topological polar surface area (TPSA) is 94.1 Å². The van der Waals surface area contributed by atoms with Crippen LogP contribution in [0.2, 0.25) is 0 Å². The molecule has 0 bridgehead atoms. The summed E-state index contributed by atoms with van der Waals surface area (Å²) in [6, 6.07) is 0.987. The van der Waals surface area contributed by atoms with Gasteiger partial charge in [0.05, 0.1) is 0 Å². The SMILES string of the molecule is O=c1nc2cc(S(=O)(=O)Cl)nc-2c1=O. The Balaban J connectivity index is 2.85. The number of halogens is 1. The second kappa shape index (κ2) is 2.58. The van der Waals surface area contributed by atoms with Gasteiger partial charge in [-0.3, -0.25) is 9.59 Å². The van der Waals surface area contributed by atoms with E-state index in [4.69, 9.17) is 10.7 Å². The van der Waals surface area contributed by atoms with E-state index in [9.17, 15) is 18.0 Å². The lowest BCUT2D eigenvalue weighted by atomic mass is 10.4. The van der Waals surface area contributed by atoms with E-state index in [1.165, 1.54) is 0 Å². The minimum Gasteiger partial charge on any atom is -0.281 e. The van der Waals surface area contributed by atoms with Gasteiger partial charge in [-0.05, 0) is 0 Å². The summed E-state index contributed by atoms with van der Waals surface area (Å²) in [4.78, 5) is 28.4. The molecule has 0 aromatic rings. The summed E-state index contributed by atoms with van der Waals surface area (Å²) < 4.78 is 21.6. The van der Waals surface area contributed by atoms with Crippen LogP contribution in [0.3, 0.4) is 0 Å². The van der Waals surface area contributed by atoms with E-state index in [-0.39, 0.29) is 11.4 Å². The Hall–Kier alpha value is -1.34. The van der Waals surface area contributed by atoms with Crippen molar-refractivity contribution in [2.45, 2.75) is 5.03 Å². The Kier molecular flexibility index (Phi) is 1.70. The van der Waals surface area contributed by atoms with E-state index < -0.39 is 25.1 Å². The zero-order valence-electron chi connectivity index (χ0n) is 6.39. The van der Waals surface area contributed by atoms with E-state index in [0.717, 1.165) is 6.07 Å². The molecule has 0 atom stereocenters. The number of hydrogen-bond donors (Lipinski definition) is 0. The van der Waals surface area contributed by atoms with Crippen molar-refractivity contribution in [1.82, 2.24) is 9.97 Å². The van der Waals surface area contributed by atoms with E-state index in [1.54, 1.807) is 0 Å². The Morgan fingerprint density at radius 2 is 1.86 bits per heavy atom. The van der Waals surface area contributed by atoms with Crippen molar-refractivity contribution in [3.8, 4) is 11.4 Å². The maximum absolute atomic E-state index is 11.0. The maximum atomic E-state index is 11.0. The average molecular weight is 233 g/mol. The molecule has 72 valence electrons. The average Bonchev–Trinajstić information content (AvgIpc) is 2.54. The minimum atomic E-state index is -3.98. The molecule has 0 amide bonds. The zero-order valence-corrected chi connectivity index (χ0v) is 7.96. The van der Waals surface area contributed by atoms with Crippen molar-refractivity contribution in [2.24, 2.45) is 0 Å². The molecule has 0 spiro atoms. The van der Waals surface area contributed by atoms with E-state index in [2.05, 4.69) is 9.97 Å². The Bertz CT molecular complexity index is 655. The predicted octanol–water partition coefficient (Wildman–Crippen LogP) is -0.895. The van der Waals surface area contributed by atoms with Crippen LogP contribution in [-0.4, -0.2) is 18.4 Å². The molecule has 2 heterocycles. The molecule has 0 N–H and O–H groups in total. The Morgan fingerprint density at radius 1 is 1.21 bits per heavy atom. The number of rotatable bonds is 1. The molecule has 0 radical (unpaired) electrons. The molecule has 0 aromatic carbocycles. The van der Waals surface area contributed by atoms with E-state index in [1.807, 2.05) is 0 Å². The molecular formula is C6HClN2O4S. The van der Waals surface area contributed by atoms with Gasteiger partial charge in [0.15, 0.2) is 5.03 Å². The van der Waals surface area contributed by atoms with Crippen molar-refractivity contribution < 1.29 is 8.42 Å². The first-order chi connectivity index (χ1) is 6.39. The van der Waals surface area contributed by atoms with Gasteiger partial charge in [-0.2, -0.15) is 0 Å². The summed E-state index contributed by atoms with van der Waals surface area (Å²) in [6.07, 6.45) is 0. The van der Waals surface area contributed by atoms with Crippen LogP contribution in [0.15, 0.2) is 20.7 Å². The highest BCUT2D eigenvalue weighted by Gasteiger charge is 2.24. The molecule has 2 aliphatic heterocycles. The summed E-state index contributed by atoms with van der Waals surface area (Å²) in [5.74, 6) is 0. The van der Waals surface area contributed by atoms with Gasteiger partial charge in [0.25, 0.3) is 14.5 Å². The lowest BCUT2D eigenvalue weighted by Crippen LogP contribution is -2.19. The second-order valence-electron chi connectivity index (χ2n) is 2.51. The van der Waals surface area contributed by atoms with Gasteiger partial charge in [-0.15, -0.1) is 0 Å². The van der Waals surface area contributed by atoms with Crippen molar-refractivity contribution in [2.75, 3.05) is 0 Å². The molecule has 6 nitrogen and oxygen atoms in total. The predicted molar refractivity (Wildman–Crippen MR) is 46.6 cm³/mol. The highest BCUT2D eigenvalue weighted by atomic mass is 35.7. The first kappa shape index (κ1) is 9.22. The second-order valence-corrected chi connectivity index (χ2v) is 5.02. The quantitative estimate of drug-likeness (QED) is 0.467. The Labute approximate surface area is 81.6 Å². The van der Waals surface area contributed by atoms with Crippen LogP contribution in [0.4, 0.5) is 0 Å². The summed E-state index contributed by atoms with van der Waals surface area (Å²) in [5.41, 5.74) is -2.15. The molecule has 2 rings (SSSR count). The molecule has 2 aliphatic rings. The third-order valence-electron chi connectivity index (χ3n) is 1.61. The van der Waals surface area contributed by atoms with Gasteiger partial charge >= 0.3 is 5.56 Å². The molecule has 14 heavy (non-hydrogen) atoms. The first-order valence-corrected chi connectivity index (χ1v) is 5.63. The Morgan fingerprint density at radius 3 is 2.36 bits per heavy atom. The zero-order chi connectivity index (χ0) is 10.5. The summed E-state index contributed by atoms with van der Waals surface area (Å²) in [7, 11) is 0.997. The lowest BCUT2D eigenvalue weighted by Gasteiger charge is -1.83. The largest absolute Gasteiger partial charge is 0.320 e. The van der Waals surface area contributed by atoms with Crippen LogP contribution in [-0.2, 0) is 9.05 Å². The fourth-order valence-electron chi connectivity index (χ4n) is 1.02.